The van der Waals surface area contributed by atoms with E-state index in [2.05, 4.69) is 6.07 Å². The summed E-state index contributed by atoms with van der Waals surface area (Å²) in [6.45, 7) is 0. The number of nitrogens with two attached hydrogens (primary N) is 1. The van der Waals surface area contributed by atoms with Crippen molar-refractivity contribution in [3.05, 3.63) is 23.8 Å². The van der Waals surface area contributed by atoms with Crippen LogP contribution in [0.15, 0.2) is 23.1 Å². The number of rotatable bonds is 4. The van der Waals surface area contributed by atoms with Crippen molar-refractivity contribution in [2.75, 3.05) is 11.5 Å². The van der Waals surface area contributed by atoms with Gasteiger partial charge in [-0.15, -0.1) is 0 Å². The van der Waals surface area contributed by atoms with Crippen LogP contribution in [0.2, 0.25) is 0 Å². The standard InChI is InChI=1S/C13H13F3N2OS/c14-13(15,16)9-1-2-11(10(18)7-9)20(19)8-12(3-4-12)5-6-17/h1-2,7H,3-5,8,18H2. The molecule has 1 atom stereocenters. The molecular formula is C13H13F3N2OS. The molecule has 0 spiro atoms. The topological polar surface area (TPSA) is 66.9 Å². The average molecular weight is 302 g/mol. The molecule has 2 N–H and O–H groups in total. The lowest BCUT2D eigenvalue weighted by atomic mass is 10.1. The van der Waals surface area contributed by atoms with E-state index < -0.39 is 22.5 Å². The Kier molecular flexibility index (Phi) is 3.78. The fourth-order valence-corrected chi connectivity index (χ4v) is 3.65. The summed E-state index contributed by atoms with van der Waals surface area (Å²) in [5.74, 6) is 0.274. The van der Waals surface area contributed by atoms with Gasteiger partial charge in [0.1, 0.15) is 0 Å². The van der Waals surface area contributed by atoms with Crippen LogP contribution in [-0.4, -0.2) is 9.96 Å². The van der Waals surface area contributed by atoms with E-state index in [4.69, 9.17) is 11.0 Å². The van der Waals surface area contributed by atoms with E-state index in [1.165, 1.54) is 0 Å². The van der Waals surface area contributed by atoms with Crippen LogP contribution in [0.3, 0.4) is 0 Å². The van der Waals surface area contributed by atoms with Gasteiger partial charge in [0.2, 0.25) is 0 Å². The molecule has 20 heavy (non-hydrogen) atoms. The molecular weight excluding hydrogens is 289 g/mol. The Morgan fingerprint density at radius 2 is 2.05 bits per heavy atom. The monoisotopic (exact) mass is 302 g/mol. The summed E-state index contributed by atoms with van der Waals surface area (Å²) in [6.07, 6.45) is -2.49. The highest BCUT2D eigenvalue weighted by molar-refractivity contribution is 7.85. The number of halogens is 3. The number of hydrogen-bond donors (Lipinski definition) is 1. The van der Waals surface area contributed by atoms with Gasteiger partial charge in [-0.05, 0) is 36.5 Å². The Labute approximate surface area is 117 Å². The van der Waals surface area contributed by atoms with Crippen LogP contribution in [-0.2, 0) is 17.0 Å². The Hall–Kier alpha value is -1.55. The lowest BCUT2D eigenvalue weighted by Crippen LogP contribution is -2.14. The number of nitriles is 1. The van der Waals surface area contributed by atoms with Crippen LogP contribution in [0.5, 0.6) is 0 Å². The molecule has 7 heteroatoms. The normalized spacial score (nSPS) is 18.3. The molecule has 1 aromatic carbocycles. The third-order valence-electron chi connectivity index (χ3n) is 3.43. The first-order chi connectivity index (χ1) is 9.27. The van der Waals surface area contributed by atoms with Crippen LogP contribution in [0.1, 0.15) is 24.8 Å². The highest BCUT2D eigenvalue weighted by Gasteiger charge is 2.44. The Morgan fingerprint density at radius 1 is 1.40 bits per heavy atom. The lowest BCUT2D eigenvalue weighted by molar-refractivity contribution is -0.137. The number of hydrogen-bond acceptors (Lipinski definition) is 3. The third kappa shape index (κ3) is 3.12. The molecule has 0 saturated heterocycles. The maximum Gasteiger partial charge on any atom is 0.416 e. The number of nitrogens with zero attached hydrogens (tertiary/aromatic N) is 1. The van der Waals surface area contributed by atoms with Crippen molar-refractivity contribution in [3.8, 4) is 6.07 Å². The van der Waals surface area contributed by atoms with E-state index >= 15 is 0 Å². The number of anilines is 1. The van der Waals surface area contributed by atoms with Gasteiger partial charge < -0.3 is 5.73 Å². The SMILES string of the molecule is N#CCC1(CS(=O)c2ccc(C(F)(F)F)cc2N)CC1. The molecule has 108 valence electrons. The Balaban J connectivity index is 2.18. The summed E-state index contributed by atoms with van der Waals surface area (Å²) in [5.41, 5.74) is 4.36. The molecule has 1 aliphatic rings. The van der Waals surface area contributed by atoms with Crippen molar-refractivity contribution in [1.82, 2.24) is 0 Å². The minimum atomic E-state index is -4.47. The molecule has 0 radical (unpaired) electrons. The molecule has 0 bridgehead atoms. The van der Waals surface area contributed by atoms with Crippen molar-refractivity contribution in [2.45, 2.75) is 30.3 Å². The first-order valence-corrected chi connectivity index (χ1v) is 7.31. The summed E-state index contributed by atoms with van der Waals surface area (Å²) in [4.78, 5) is 0.210. The van der Waals surface area contributed by atoms with E-state index in [0.29, 0.717) is 6.42 Å². The van der Waals surface area contributed by atoms with Crippen molar-refractivity contribution in [1.29, 1.82) is 5.26 Å². The molecule has 1 aromatic rings. The van der Waals surface area contributed by atoms with Crippen molar-refractivity contribution < 1.29 is 17.4 Å². The fourth-order valence-electron chi connectivity index (χ4n) is 2.00. The molecule has 0 aliphatic heterocycles. The fraction of sp³-hybridized carbons (Fsp3) is 0.462. The quantitative estimate of drug-likeness (QED) is 0.869. The van der Waals surface area contributed by atoms with Gasteiger partial charge in [-0.3, -0.25) is 4.21 Å². The molecule has 0 heterocycles. The van der Waals surface area contributed by atoms with Crippen molar-refractivity contribution in [2.24, 2.45) is 5.41 Å². The van der Waals surface area contributed by atoms with Crippen molar-refractivity contribution >= 4 is 16.5 Å². The van der Waals surface area contributed by atoms with Gasteiger partial charge in [-0.25, -0.2) is 0 Å². The summed E-state index contributed by atoms with van der Waals surface area (Å²) in [6, 6.07) is 4.90. The summed E-state index contributed by atoms with van der Waals surface area (Å²) in [5, 5.41) is 8.71. The minimum Gasteiger partial charge on any atom is -0.398 e. The van der Waals surface area contributed by atoms with Gasteiger partial charge in [0.15, 0.2) is 0 Å². The van der Waals surface area contributed by atoms with Gasteiger partial charge in [0.25, 0.3) is 0 Å². The Bertz CT molecular complexity index is 588. The largest absolute Gasteiger partial charge is 0.416 e. The molecule has 0 amide bonds. The van der Waals surface area contributed by atoms with Crippen LogP contribution in [0, 0.1) is 16.7 Å². The minimum absolute atomic E-state index is 0.120. The summed E-state index contributed by atoms with van der Waals surface area (Å²) < 4.78 is 49.7. The van der Waals surface area contributed by atoms with Gasteiger partial charge in [-0.2, -0.15) is 18.4 Å². The van der Waals surface area contributed by atoms with Crippen LogP contribution >= 0.6 is 0 Å². The summed E-state index contributed by atoms with van der Waals surface area (Å²) >= 11 is 0. The van der Waals surface area contributed by atoms with E-state index in [-0.39, 0.29) is 21.8 Å². The van der Waals surface area contributed by atoms with Crippen LogP contribution < -0.4 is 5.73 Å². The molecule has 1 fully saturated rings. The van der Waals surface area contributed by atoms with Crippen LogP contribution in [0.4, 0.5) is 18.9 Å². The highest BCUT2D eigenvalue weighted by Crippen LogP contribution is 2.50. The van der Waals surface area contributed by atoms with Gasteiger partial charge >= 0.3 is 6.18 Å². The number of benzene rings is 1. The molecule has 3 nitrogen and oxygen atoms in total. The van der Waals surface area contributed by atoms with E-state index in [1.807, 2.05) is 0 Å². The maximum absolute atomic E-state index is 12.5. The lowest BCUT2D eigenvalue weighted by Gasteiger charge is -2.13. The molecule has 1 aliphatic carbocycles. The Morgan fingerprint density at radius 3 is 2.50 bits per heavy atom. The highest BCUT2D eigenvalue weighted by atomic mass is 32.2. The molecule has 1 saturated carbocycles. The number of nitrogen functional groups attached to an aromatic ring is 1. The van der Waals surface area contributed by atoms with E-state index in [0.717, 1.165) is 31.0 Å². The second kappa shape index (κ2) is 5.09. The number of alkyl halides is 3. The van der Waals surface area contributed by atoms with E-state index in [1.54, 1.807) is 0 Å². The average Bonchev–Trinajstić information content (AvgIpc) is 3.07. The van der Waals surface area contributed by atoms with Gasteiger partial charge in [0, 0.05) is 17.9 Å². The zero-order valence-corrected chi connectivity index (χ0v) is 11.4. The summed E-state index contributed by atoms with van der Waals surface area (Å²) in [7, 11) is -1.48. The molecule has 1 unspecified atom stereocenters. The predicted octanol–water partition coefficient (Wildman–Crippen LogP) is 3.09. The van der Waals surface area contributed by atoms with Crippen molar-refractivity contribution in [3.63, 3.8) is 0 Å². The molecule has 0 aromatic heterocycles. The first kappa shape index (κ1) is 14.9. The smallest absolute Gasteiger partial charge is 0.398 e. The molecule has 2 rings (SSSR count). The second-order valence-electron chi connectivity index (χ2n) is 5.08. The van der Waals surface area contributed by atoms with Crippen LogP contribution in [0.25, 0.3) is 0 Å². The second-order valence-corrected chi connectivity index (χ2v) is 6.49. The third-order valence-corrected chi connectivity index (χ3v) is 5.17. The van der Waals surface area contributed by atoms with Gasteiger partial charge in [-0.1, -0.05) is 0 Å². The zero-order valence-electron chi connectivity index (χ0n) is 10.5. The first-order valence-electron chi connectivity index (χ1n) is 5.99. The zero-order chi connectivity index (χ0) is 15.0. The van der Waals surface area contributed by atoms with Gasteiger partial charge in [0.05, 0.1) is 27.3 Å². The predicted molar refractivity (Wildman–Crippen MR) is 69.0 cm³/mol. The van der Waals surface area contributed by atoms with E-state index in [9.17, 15) is 17.4 Å². The maximum atomic E-state index is 12.5.